The second-order valence-electron chi connectivity index (χ2n) is 9.04. The topological polar surface area (TPSA) is 92.8 Å². The minimum atomic E-state index is -4.78. The van der Waals surface area contributed by atoms with Crippen molar-refractivity contribution < 1.29 is 32.2 Å². The van der Waals surface area contributed by atoms with E-state index in [4.69, 9.17) is 4.74 Å². The number of anilines is 2. The van der Waals surface area contributed by atoms with Gasteiger partial charge in [-0.25, -0.2) is 9.78 Å². The van der Waals surface area contributed by atoms with Crippen molar-refractivity contribution in [2.24, 2.45) is 5.92 Å². The Labute approximate surface area is 209 Å². The first kappa shape index (κ1) is 26.6. The number of rotatable bonds is 6. The second-order valence-corrected chi connectivity index (χ2v) is 9.89. The fourth-order valence-electron chi connectivity index (χ4n) is 3.46. The number of alkyl carbamates (subject to hydrolysis) is 1. The minimum Gasteiger partial charge on any atom is -0.444 e. The van der Waals surface area contributed by atoms with E-state index in [2.05, 4.69) is 41.2 Å². The van der Waals surface area contributed by atoms with Gasteiger partial charge in [0.1, 0.15) is 17.2 Å². The molecule has 0 radical (unpaired) electrons. The Balaban J connectivity index is 1.55. The number of nitrogens with one attached hydrogen (secondary N) is 2. The molecule has 8 nitrogen and oxygen atoms in total. The van der Waals surface area contributed by atoms with Crippen LogP contribution in [-0.4, -0.2) is 48.6 Å². The van der Waals surface area contributed by atoms with E-state index in [1.54, 1.807) is 26.8 Å². The molecule has 35 heavy (non-hydrogen) atoms. The molecular weight excluding hydrogens is 533 g/mol. The van der Waals surface area contributed by atoms with Gasteiger partial charge in [-0.15, -0.1) is 13.2 Å². The second kappa shape index (κ2) is 10.7. The summed E-state index contributed by atoms with van der Waals surface area (Å²) in [5.74, 6) is 0.0584. The van der Waals surface area contributed by atoms with Crippen molar-refractivity contribution in [3.63, 3.8) is 0 Å². The lowest BCUT2D eigenvalue weighted by molar-refractivity contribution is -0.274. The number of hydrogen-bond acceptors (Lipinski definition) is 6. The van der Waals surface area contributed by atoms with Gasteiger partial charge in [-0.2, -0.15) is 0 Å². The predicted octanol–water partition coefficient (Wildman–Crippen LogP) is 5.35. The molecule has 2 amide bonds. The number of carbonyl (C=O) groups is 2. The van der Waals surface area contributed by atoms with E-state index < -0.39 is 24.0 Å². The number of ether oxygens (including phenoxy) is 2. The lowest BCUT2D eigenvalue weighted by Gasteiger charge is -2.21. The SMILES string of the molecule is CC(C)(C)OC(=O)NC[C@@H]1CCN(c2ncc(C(=O)Nc3ccc(OC(F)(F)F)cc3)cc2Br)C1. The van der Waals surface area contributed by atoms with Crippen molar-refractivity contribution in [2.45, 2.75) is 39.2 Å². The number of amides is 2. The summed E-state index contributed by atoms with van der Waals surface area (Å²) in [5.41, 5.74) is 0.0303. The van der Waals surface area contributed by atoms with Crippen molar-refractivity contribution in [3.8, 4) is 5.75 Å². The number of nitrogens with zero attached hydrogens (tertiary/aromatic N) is 2. The quantitative estimate of drug-likeness (QED) is 0.496. The number of aromatic nitrogens is 1. The highest BCUT2D eigenvalue weighted by molar-refractivity contribution is 9.10. The van der Waals surface area contributed by atoms with Crippen LogP contribution in [0.25, 0.3) is 0 Å². The van der Waals surface area contributed by atoms with Crippen molar-refractivity contribution in [2.75, 3.05) is 29.9 Å². The van der Waals surface area contributed by atoms with Crippen LogP contribution in [0, 0.1) is 5.92 Å². The third-order valence-electron chi connectivity index (χ3n) is 4.95. The first-order chi connectivity index (χ1) is 16.3. The van der Waals surface area contributed by atoms with Gasteiger partial charge in [-0.1, -0.05) is 0 Å². The van der Waals surface area contributed by atoms with Gasteiger partial charge in [-0.05, 0) is 79.4 Å². The van der Waals surface area contributed by atoms with Crippen LogP contribution in [0.4, 0.5) is 29.5 Å². The van der Waals surface area contributed by atoms with E-state index in [-0.39, 0.29) is 17.2 Å². The van der Waals surface area contributed by atoms with Crippen LogP contribution in [0.2, 0.25) is 0 Å². The molecule has 0 bridgehead atoms. The van der Waals surface area contributed by atoms with Crippen molar-refractivity contribution >= 4 is 39.4 Å². The average Bonchev–Trinajstić information content (AvgIpc) is 3.20. The normalized spacial score (nSPS) is 16.1. The highest BCUT2D eigenvalue weighted by Crippen LogP contribution is 2.30. The number of benzene rings is 1. The molecule has 0 saturated carbocycles. The van der Waals surface area contributed by atoms with E-state index in [9.17, 15) is 22.8 Å². The maximum Gasteiger partial charge on any atom is 0.573 e. The van der Waals surface area contributed by atoms with Crippen molar-refractivity contribution in [3.05, 3.63) is 46.6 Å². The van der Waals surface area contributed by atoms with Crippen LogP contribution in [0.1, 0.15) is 37.6 Å². The zero-order chi connectivity index (χ0) is 25.8. The third kappa shape index (κ3) is 8.30. The molecular formula is C23H26BrF3N4O4. The summed E-state index contributed by atoms with van der Waals surface area (Å²) in [6, 6.07) is 6.48. The van der Waals surface area contributed by atoms with Crippen LogP contribution >= 0.6 is 15.9 Å². The number of carbonyl (C=O) groups excluding carboxylic acids is 2. The summed E-state index contributed by atoms with van der Waals surface area (Å²) in [7, 11) is 0. The molecule has 2 aromatic rings. The molecule has 1 aliphatic heterocycles. The summed E-state index contributed by atoms with van der Waals surface area (Å²) in [6.45, 7) is 7.32. The molecule has 1 saturated heterocycles. The van der Waals surface area contributed by atoms with Crippen LogP contribution < -0.4 is 20.3 Å². The van der Waals surface area contributed by atoms with Gasteiger partial charge in [0.2, 0.25) is 0 Å². The molecule has 190 valence electrons. The molecule has 2 heterocycles. The zero-order valence-electron chi connectivity index (χ0n) is 19.4. The lowest BCUT2D eigenvalue weighted by atomic mass is 10.1. The predicted molar refractivity (Wildman–Crippen MR) is 128 cm³/mol. The monoisotopic (exact) mass is 558 g/mol. The van der Waals surface area contributed by atoms with Gasteiger partial charge in [0.25, 0.3) is 5.91 Å². The minimum absolute atomic E-state index is 0.225. The van der Waals surface area contributed by atoms with Crippen LogP contribution in [0.3, 0.4) is 0 Å². The van der Waals surface area contributed by atoms with Crippen molar-refractivity contribution in [1.82, 2.24) is 10.3 Å². The summed E-state index contributed by atoms with van der Waals surface area (Å²) in [6.07, 6.45) is -2.94. The Morgan fingerprint density at radius 2 is 1.89 bits per heavy atom. The van der Waals surface area contributed by atoms with E-state index in [0.717, 1.165) is 25.1 Å². The Kier molecular flexibility index (Phi) is 8.14. The first-order valence-corrected chi connectivity index (χ1v) is 11.6. The van der Waals surface area contributed by atoms with Gasteiger partial charge in [0, 0.05) is 31.5 Å². The molecule has 1 fully saturated rings. The summed E-state index contributed by atoms with van der Waals surface area (Å²) in [5, 5.41) is 5.41. The fraction of sp³-hybridized carbons (Fsp3) is 0.435. The Morgan fingerprint density at radius 1 is 1.20 bits per heavy atom. The molecule has 1 aromatic heterocycles. The summed E-state index contributed by atoms with van der Waals surface area (Å²) < 4.78 is 46.5. The van der Waals surface area contributed by atoms with Crippen LogP contribution in [0.5, 0.6) is 5.75 Å². The first-order valence-electron chi connectivity index (χ1n) is 10.8. The van der Waals surface area contributed by atoms with Gasteiger partial charge in [0.15, 0.2) is 0 Å². The van der Waals surface area contributed by atoms with E-state index in [1.165, 1.54) is 18.3 Å². The van der Waals surface area contributed by atoms with Gasteiger partial charge in [-0.3, -0.25) is 4.79 Å². The maximum absolute atomic E-state index is 12.6. The number of alkyl halides is 3. The highest BCUT2D eigenvalue weighted by Gasteiger charge is 2.31. The van der Waals surface area contributed by atoms with Crippen molar-refractivity contribution in [1.29, 1.82) is 0 Å². The van der Waals surface area contributed by atoms with Crippen LogP contribution in [0.15, 0.2) is 41.0 Å². The van der Waals surface area contributed by atoms with E-state index in [1.807, 2.05) is 0 Å². The van der Waals surface area contributed by atoms with Gasteiger partial charge < -0.3 is 25.0 Å². The average molecular weight is 559 g/mol. The molecule has 3 rings (SSSR count). The largest absolute Gasteiger partial charge is 0.573 e. The van der Waals surface area contributed by atoms with Gasteiger partial charge >= 0.3 is 12.5 Å². The Hall–Kier alpha value is -3.02. The number of pyridine rings is 1. The molecule has 0 unspecified atom stereocenters. The zero-order valence-corrected chi connectivity index (χ0v) is 21.0. The molecule has 0 aliphatic carbocycles. The summed E-state index contributed by atoms with van der Waals surface area (Å²) in [4.78, 5) is 30.9. The van der Waals surface area contributed by atoms with E-state index >= 15 is 0 Å². The summed E-state index contributed by atoms with van der Waals surface area (Å²) >= 11 is 3.47. The number of halogens is 4. The van der Waals surface area contributed by atoms with E-state index in [0.29, 0.717) is 29.1 Å². The van der Waals surface area contributed by atoms with Crippen LogP contribution in [-0.2, 0) is 4.74 Å². The molecule has 1 aromatic carbocycles. The standard InChI is InChI=1S/C23H26BrF3N4O4/c1-22(2,3)35-21(33)29-11-14-8-9-31(13-14)19-18(24)10-15(12-28-19)20(32)30-16-4-6-17(7-5-16)34-23(25,26)27/h4-7,10,12,14H,8-9,11,13H2,1-3H3,(H,29,33)(H,30,32)/t14-/m0/s1. The fourth-order valence-corrected chi connectivity index (χ4v) is 4.06. The molecule has 1 aliphatic rings. The molecule has 12 heteroatoms. The number of hydrogen-bond donors (Lipinski definition) is 2. The Morgan fingerprint density at radius 3 is 2.49 bits per heavy atom. The molecule has 1 atom stereocenters. The molecule has 0 spiro atoms. The smallest absolute Gasteiger partial charge is 0.444 e. The molecule has 2 N–H and O–H groups in total. The maximum atomic E-state index is 12.6. The highest BCUT2D eigenvalue weighted by atomic mass is 79.9. The third-order valence-corrected chi connectivity index (χ3v) is 5.53. The Bertz CT molecular complexity index is 1060. The van der Waals surface area contributed by atoms with Gasteiger partial charge in [0.05, 0.1) is 10.0 Å². The lowest BCUT2D eigenvalue weighted by Crippen LogP contribution is -2.36.